The van der Waals surface area contributed by atoms with E-state index < -0.39 is 5.97 Å². The highest BCUT2D eigenvalue weighted by atomic mass is 16.4. The van der Waals surface area contributed by atoms with Crippen LogP contribution in [0.4, 0.5) is 0 Å². The topological polar surface area (TPSA) is 83.6 Å². The first kappa shape index (κ1) is 9.73. The average Bonchev–Trinajstić information content (AvgIpc) is 2.08. The van der Waals surface area contributed by atoms with Gasteiger partial charge in [-0.05, 0) is 13.0 Å². The van der Waals surface area contributed by atoms with Crippen LogP contribution in [0.3, 0.4) is 0 Å². The van der Waals surface area contributed by atoms with Crippen LogP contribution in [0.5, 0.6) is 0 Å². The molecular formula is C8H12N2O3. The number of β-lactam (4-membered cyclic amide) rings is 1. The van der Waals surface area contributed by atoms with Crippen LogP contribution in [0, 0.1) is 0 Å². The molecule has 13 heavy (non-hydrogen) atoms. The summed E-state index contributed by atoms with van der Waals surface area (Å²) in [7, 11) is 0. The minimum atomic E-state index is -1.07. The SMILES string of the molecule is NCC/C=C(/C(=O)O)N1CCC1=O. The first-order valence-corrected chi connectivity index (χ1v) is 4.10. The summed E-state index contributed by atoms with van der Waals surface area (Å²) in [6.07, 6.45) is 2.40. The maximum absolute atomic E-state index is 10.9. The van der Waals surface area contributed by atoms with Crippen LogP contribution in [0.1, 0.15) is 12.8 Å². The van der Waals surface area contributed by atoms with E-state index in [2.05, 4.69) is 0 Å². The summed E-state index contributed by atoms with van der Waals surface area (Å²) < 4.78 is 0. The minimum absolute atomic E-state index is 0.0571. The number of nitrogens with zero attached hydrogens (tertiary/aromatic N) is 1. The third-order valence-electron chi connectivity index (χ3n) is 1.86. The molecule has 0 aromatic heterocycles. The van der Waals surface area contributed by atoms with Crippen LogP contribution < -0.4 is 5.73 Å². The molecule has 1 amide bonds. The van der Waals surface area contributed by atoms with Gasteiger partial charge in [-0.2, -0.15) is 0 Å². The number of likely N-dealkylation sites (tertiary alicyclic amines) is 1. The Balaban J connectivity index is 2.67. The number of nitrogens with two attached hydrogens (primary N) is 1. The number of rotatable bonds is 4. The number of carboxylic acid groups (broad SMARTS) is 1. The standard InChI is InChI=1S/C8H12N2O3/c9-4-1-2-6(8(12)13)10-5-3-7(10)11/h2H,1,3-5,9H2,(H,12,13)/b6-2-. The van der Waals surface area contributed by atoms with Gasteiger partial charge in [0, 0.05) is 13.0 Å². The second-order valence-electron chi connectivity index (χ2n) is 2.77. The predicted molar refractivity (Wildman–Crippen MR) is 45.7 cm³/mol. The Morgan fingerprint density at radius 1 is 1.69 bits per heavy atom. The van der Waals surface area contributed by atoms with Gasteiger partial charge < -0.3 is 15.7 Å². The molecule has 0 bridgehead atoms. The van der Waals surface area contributed by atoms with Crippen molar-refractivity contribution in [2.45, 2.75) is 12.8 Å². The fourth-order valence-electron chi connectivity index (χ4n) is 1.10. The van der Waals surface area contributed by atoms with Crippen LogP contribution in [0.2, 0.25) is 0 Å². The monoisotopic (exact) mass is 184 g/mol. The van der Waals surface area contributed by atoms with Crippen LogP contribution in [-0.2, 0) is 9.59 Å². The first-order chi connectivity index (χ1) is 6.16. The van der Waals surface area contributed by atoms with Crippen molar-refractivity contribution >= 4 is 11.9 Å². The van der Waals surface area contributed by atoms with Crippen molar-refractivity contribution in [3.8, 4) is 0 Å². The van der Waals surface area contributed by atoms with Gasteiger partial charge in [0.05, 0.1) is 0 Å². The second kappa shape index (κ2) is 4.04. The van der Waals surface area contributed by atoms with Gasteiger partial charge in [-0.3, -0.25) is 4.79 Å². The van der Waals surface area contributed by atoms with Crippen LogP contribution in [-0.4, -0.2) is 35.0 Å². The van der Waals surface area contributed by atoms with Crippen molar-refractivity contribution < 1.29 is 14.7 Å². The van der Waals surface area contributed by atoms with E-state index in [0.717, 1.165) is 0 Å². The summed E-state index contributed by atoms with van der Waals surface area (Å²) >= 11 is 0. The molecule has 1 fully saturated rings. The van der Waals surface area contributed by atoms with Crippen molar-refractivity contribution in [2.24, 2.45) is 5.73 Å². The Labute approximate surface area is 75.8 Å². The number of amides is 1. The molecule has 5 heteroatoms. The highest BCUT2D eigenvalue weighted by Gasteiger charge is 2.30. The van der Waals surface area contributed by atoms with Gasteiger partial charge in [-0.1, -0.05) is 6.08 Å². The molecule has 1 heterocycles. The molecule has 1 saturated heterocycles. The minimum Gasteiger partial charge on any atom is -0.477 e. The lowest BCUT2D eigenvalue weighted by Crippen LogP contribution is -2.44. The molecular weight excluding hydrogens is 172 g/mol. The molecule has 5 nitrogen and oxygen atoms in total. The van der Waals surface area contributed by atoms with Crippen molar-refractivity contribution in [3.05, 3.63) is 11.8 Å². The van der Waals surface area contributed by atoms with Gasteiger partial charge in [0.25, 0.3) is 0 Å². The molecule has 0 radical (unpaired) electrons. The van der Waals surface area contributed by atoms with Crippen LogP contribution in [0.25, 0.3) is 0 Å². The first-order valence-electron chi connectivity index (χ1n) is 4.10. The lowest BCUT2D eigenvalue weighted by atomic mass is 10.1. The van der Waals surface area contributed by atoms with E-state index in [0.29, 0.717) is 25.9 Å². The molecule has 3 N–H and O–H groups in total. The van der Waals surface area contributed by atoms with Gasteiger partial charge in [-0.15, -0.1) is 0 Å². The summed E-state index contributed by atoms with van der Waals surface area (Å²) in [6, 6.07) is 0. The highest BCUT2D eigenvalue weighted by Crippen LogP contribution is 2.16. The Kier molecular flexibility index (Phi) is 3.02. The summed E-state index contributed by atoms with van der Waals surface area (Å²) in [5, 5.41) is 8.75. The predicted octanol–water partition coefficient (Wildman–Crippen LogP) is -0.464. The zero-order valence-electron chi connectivity index (χ0n) is 7.19. The number of hydrogen-bond acceptors (Lipinski definition) is 3. The largest absolute Gasteiger partial charge is 0.477 e. The fraction of sp³-hybridized carbons (Fsp3) is 0.500. The molecule has 72 valence electrons. The highest BCUT2D eigenvalue weighted by molar-refractivity contribution is 5.95. The smallest absolute Gasteiger partial charge is 0.352 e. The van der Waals surface area contributed by atoms with E-state index in [9.17, 15) is 9.59 Å². The van der Waals surface area contributed by atoms with Crippen molar-refractivity contribution in [3.63, 3.8) is 0 Å². The third kappa shape index (κ3) is 2.06. The van der Waals surface area contributed by atoms with Gasteiger partial charge in [-0.25, -0.2) is 4.79 Å². The number of aliphatic carboxylic acids is 1. The average molecular weight is 184 g/mol. The Morgan fingerprint density at radius 3 is 2.69 bits per heavy atom. The molecule has 0 spiro atoms. The number of carboxylic acids is 1. The summed E-state index contributed by atoms with van der Waals surface area (Å²) in [6.45, 7) is 0.889. The third-order valence-corrected chi connectivity index (χ3v) is 1.86. The molecule has 0 saturated carbocycles. The number of carbonyl (C=O) groups excluding carboxylic acids is 1. The number of carbonyl (C=O) groups is 2. The van der Waals surface area contributed by atoms with Crippen molar-refractivity contribution in [2.75, 3.05) is 13.1 Å². The van der Waals surface area contributed by atoms with Gasteiger partial charge in [0.1, 0.15) is 5.70 Å². The van der Waals surface area contributed by atoms with E-state index in [1.165, 1.54) is 11.0 Å². The fourth-order valence-corrected chi connectivity index (χ4v) is 1.10. The maximum atomic E-state index is 10.9. The zero-order valence-corrected chi connectivity index (χ0v) is 7.19. The number of hydrogen-bond donors (Lipinski definition) is 2. The van der Waals surface area contributed by atoms with Gasteiger partial charge in [0.15, 0.2) is 0 Å². The van der Waals surface area contributed by atoms with E-state index in [-0.39, 0.29) is 11.6 Å². The Hall–Kier alpha value is -1.36. The molecule has 0 atom stereocenters. The summed E-state index contributed by atoms with van der Waals surface area (Å²) in [5.41, 5.74) is 5.29. The zero-order chi connectivity index (χ0) is 9.84. The quantitative estimate of drug-likeness (QED) is 0.457. The summed E-state index contributed by atoms with van der Waals surface area (Å²) in [5.74, 6) is -1.20. The molecule has 0 aliphatic carbocycles. The van der Waals surface area contributed by atoms with Crippen LogP contribution in [0.15, 0.2) is 11.8 Å². The second-order valence-corrected chi connectivity index (χ2v) is 2.77. The van der Waals surface area contributed by atoms with Gasteiger partial charge in [0.2, 0.25) is 5.91 Å². The lowest BCUT2D eigenvalue weighted by molar-refractivity contribution is -0.144. The molecule has 0 aromatic carbocycles. The molecule has 0 unspecified atom stereocenters. The molecule has 1 rings (SSSR count). The van der Waals surface area contributed by atoms with E-state index in [1.807, 2.05) is 0 Å². The maximum Gasteiger partial charge on any atom is 0.352 e. The summed E-state index contributed by atoms with van der Waals surface area (Å²) in [4.78, 5) is 22.9. The van der Waals surface area contributed by atoms with E-state index >= 15 is 0 Å². The van der Waals surface area contributed by atoms with E-state index in [1.54, 1.807) is 0 Å². The lowest BCUT2D eigenvalue weighted by Gasteiger charge is -2.30. The van der Waals surface area contributed by atoms with Crippen molar-refractivity contribution in [1.82, 2.24) is 4.90 Å². The molecule has 0 aromatic rings. The van der Waals surface area contributed by atoms with Crippen molar-refractivity contribution in [1.29, 1.82) is 0 Å². The van der Waals surface area contributed by atoms with Crippen LogP contribution >= 0.6 is 0 Å². The molecule has 1 aliphatic rings. The normalized spacial score (nSPS) is 17.2. The Morgan fingerprint density at radius 2 is 2.38 bits per heavy atom. The Bertz CT molecular complexity index is 260. The van der Waals surface area contributed by atoms with Gasteiger partial charge >= 0.3 is 5.97 Å². The molecule has 1 aliphatic heterocycles. The van der Waals surface area contributed by atoms with E-state index in [4.69, 9.17) is 10.8 Å².